The highest BCUT2D eigenvalue weighted by atomic mass is 16.5. The minimum absolute atomic E-state index is 0.163. The zero-order chi connectivity index (χ0) is 14.1. The van der Waals surface area contributed by atoms with E-state index in [1.807, 2.05) is 21.3 Å². The maximum Gasteiger partial charge on any atom is 0.0848 e. The van der Waals surface area contributed by atoms with E-state index in [4.69, 9.17) is 14.2 Å². The van der Waals surface area contributed by atoms with Crippen LogP contribution < -0.4 is 0 Å². The van der Waals surface area contributed by atoms with Gasteiger partial charge in [0.25, 0.3) is 0 Å². The number of ether oxygens (including phenoxy) is 3. The van der Waals surface area contributed by atoms with Gasteiger partial charge >= 0.3 is 0 Å². The van der Waals surface area contributed by atoms with Crippen LogP contribution in [-0.4, -0.2) is 40.1 Å². The molecule has 3 heteroatoms. The SMILES string of the molecule is C=C1[C@H]2[C@H](OC)C=C[C@@H]3C[C@@H]2[C@]2(C[C@@]32COC)[C@@H]1OC. The van der Waals surface area contributed by atoms with E-state index in [9.17, 15) is 0 Å². The summed E-state index contributed by atoms with van der Waals surface area (Å²) in [5, 5.41) is 0. The van der Waals surface area contributed by atoms with Crippen molar-refractivity contribution in [2.24, 2.45) is 28.6 Å². The Bertz CT molecular complexity index is 485. The van der Waals surface area contributed by atoms with E-state index in [2.05, 4.69) is 18.7 Å². The summed E-state index contributed by atoms with van der Waals surface area (Å²) in [6.07, 6.45) is 7.45. The molecule has 7 atom stereocenters. The van der Waals surface area contributed by atoms with Crippen molar-refractivity contribution in [1.82, 2.24) is 0 Å². The Morgan fingerprint density at radius 2 is 2.05 bits per heavy atom. The lowest BCUT2D eigenvalue weighted by atomic mass is 9.83. The first-order valence-electron chi connectivity index (χ1n) is 7.58. The molecule has 0 saturated heterocycles. The summed E-state index contributed by atoms with van der Waals surface area (Å²) in [4.78, 5) is 0. The number of fused-ring (bicyclic) bond motifs is 2. The molecule has 3 fully saturated rings. The normalized spacial score (nSPS) is 55.0. The molecule has 0 amide bonds. The third-order valence-electron chi connectivity index (χ3n) is 6.75. The monoisotopic (exact) mass is 276 g/mol. The minimum Gasteiger partial charge on any atom is -0.384 e. The Morgan fingerprint density at radius 1 is 1.25 bits per heavy atom. The number of allylic oxidation sites excluding steroid dienone is 1. The second kappa shape index (κ2) is 3.96. The first kappa shape index (κ1) is 13.1. The van der Waals surface area contributed by atoms with Crippen LogP contribution in [-0.2, 0) is 14.2 Å². The van der Waals surface area contributed by atoms with Gasteiger partial charge in [-0.25, -0.2) is 0 Å². The van der Waals surface area contributed by atoms with Crippen molar-refractivity contribution >= 4 is 0 Å². The maximum absolute atomic E-state index is 5.92. The topological polar surface area (TPSA) is 27.7 Å². The van der Waals surface area contributed by atoms with Crippen molar-refractivity contribution in [3.63, 3.8) is 0 Å². The zero-order valence-electron chi connectivity index (χ0n) is 12.6. The predicted molar refractivity (Wildman–Crippen MR) is 76.3 cm³/mol. The molecule has 2 bridgehead atoms. The van der Waals surface area contributed by atoms with Gasteiger partial charge in [-0.3, -0.25) is 0 Å². The molecule has 4 rings (SSSR count). The molecule has 4 aliphatic rings. The van der Waals surface area contributed by atoms with Crippen LogP contribution in [0, 0.1) is 28.6 Å². The first-order chi connectivity index (χ1) is 9.66. The fourth-order valence-electron chi connectivity index (χ4n) is 6.15. The van der Waals surface area contributed by atoms with Crippen LogP contribution in [0.25, 0.3) is 0 Å². The molecular weight excluding hydrogens is 252 g/mol. The van der Waals surface area contributed by atoms with Gasteiger partial charge in [-0.15, -0.1) is 0 Å². The Labute approximate surface area is 121 Å². The van der Waals surface area contributed by atoms with Gasteiger partial charge in [0.2, 0.25) is 0 Å². The third-order valence-corrected chi connectivity index (χ3v) is 6.75. The van der Waals surface area contributed by atoms with Gasteiger partial charge in [0, 0.05) is 38.1 Å². The van der Waals surface area contributed by atoms with E-state index >= 15 is 0 Å². The Morgan fingerprint density at radius 3 is 2.70 bits per heavy atom. The van der Waals surface area contributed by atoms with E-state index in [0.717, 1.165) is 6.61 Å². The fourth-order valence-corrected chi connectivity index (χ4v) is 6.15. The maximum atomic E-state index is 5.92. The Balaban J connectivity index is 1.84. The second-order valence-electron chi connectivity index (χ2n) is 7.06. The molecule has 4 aliphatic carbocycles. The van der Waals surface area contributed by atoms with Crippen molar-refractivity contribution in [2.45, 2.75) is 25.0 Å². The van der Waals surface area contributed by atoms with Crippen LogP contribution in [0.1, 0.15) is 12.8 Å². The molecule has 0 unspecified atom stereocenters. The van der Waals surface area contributed by atoms with E-state index in [0.29, 0.717) is 17.8 Å². The summed E-state index contributed by atoms with van der Waals surface area (Å²) in [7, 11) is 5.46. The molecule has 3 nitrogen and oxygen atoms in total. The molecule has 20 heavy (non-hydrogen) atoms. The number of rotatable bonds is 4. The van der Waals surface area contributed by atoms with Crippen LogP contribution in [0.4, 0.5) is 0 Å². The number of hydrogen-bond donors (Lipinski definition) is 0. The first-order valence-corrected chi connectivity index (χ1v) is 7.58. The molecule has 0 aromatic heterocycles. The molecule has 0 aromatic rings. The molecule has 3 saturated carbocycles. The quantitative estimate of drug-likeness (QED) is 0.738. The molecule has 110 valence electrons. The fraction of sp³-hybridized carbons (Fsp3) is 0.765. The van der Waals surface area contributed by atoms with Gasteiger partial charge < -0.3 is 14.2 Å². The van der Waals surface area contributed by atoms with Crippen LogP contribution in [0.15, 0.2) is 24.3 Å². The minimum atomic E-state index is 0.163. The molecular formula is C17H24O3. The summed E-state index contributed by atoms with van der Waals surface area (Å²) < 4.78 is 17.3. The zero-order valence-corrected chi connectivity index (χ0v) is 12.6. The molecule has 0 aromatic carbocycles. The van der Waals surface area contributed by atoms with Gasteiger partial charge in [0.1, 0.15) is 0 Å². The highest BCUT2D eigenvalue weighted by Gasteiger charge is 2.84. The highest BCUT2D eigenvalue weighted by molar-refractivity contribution is 5.43. The average molecular weight is 276 g/mol. The van der Waals surface area contributed by atoms with Gasteiger partial charge in [0.15, 0.2) is 0 Å². The summed E-state index contributed by atoms with van der Waals surface area (Å²) in [6, 6.07) is 0. The standard InChI is InChI=1S/C17H24O3/c1-10-14-12-7-11(5-6-13(14)19-3)16(9-18-2)8-17(12,16)15(10)20-4/h5-6,11-15H,1,7-9H2,2-4H3/t11-,12+,13-,14-,15-,16-,17-/m1/s1. The van der Waals surface area contributed by atoms with Crippen LogP contribution in [0.2, 0.25) is 0 Å². The van der Waals surface area contributed by atoms with Crippen molar-refractivity contribution in [2.75, 3.05) is 27.9 Å². The lowest BCUT2D eigenvalue weighted by Gasteiger charge is -2.26. The molecule has 0 radical (unpaired) electrons. The molecule has 0 N–H and O–H groups in total. The molecule has 0 heterocycles. The molecule has 1 spiro atoms. The van der Waals surface area contributed by atoms with Crippen molar-refractivity contribution in [3.8, 4) is 0 Å². The Hall–Kier alpha value is -0.640. The number of methoxy groups -OCH3 is 3. The second-order valence-corrected chi connectivity index (χ2v) is 7.06. The van der Waals surface area contributed by atoms with E-state index in [-0.39, 0.29) is 23.0 Å². The van der Waals surface area contributed by atoms with Crippen molar-refractivity contribution in [3.05, 3.63) is 24.3 Å². The third kappa shape index (κ3) is 1.16. The lowest BCUT2D eigenvalue weighted by molar-refractivity contribution is 0.0312. The Kier molecular flexibility index (Phi) is 2.59. The van der Waals surface area contributed by atoms with E-state index in [1.165, 1.54) is 18.4 Å². The summed E-state index contributed by atoms with van der Waals surface area (Å²) in [6.45, 7) is 5.23. The average Bonchev–Trinajstić information content (AvgIpc) is 2.98. The summed E-state index contributed by atoms with van der Waals surface area (Å²) >= 11 is 0. The summed E-state index contributed by atoms with van der Waals surface area (Å²) in [5.74, 6) is 1.66. The van der Waals surface area contributed by atoms with Crippen LogP contribution in [0.5, 0.6) is 0 Å². The highest BCUT2D eigenvalue weighted by Crippen LogP contribution is 2.85. The smallest absolute Gasteiger partial charge is 0.0848 e. The van der Waals surface area contributed by atoms with Gasteiger partial charge in [-0.1, -0.05) is 18.7 Å². The van der Waals surface area contributed by atoms with Gasteiger partial charge in [0.05, 0.1) is 18.8 Å². The van der Waals surface area contributed by atoms with Crippen LogP contribution >= 0.6 is 0 Å². The lowest BCUT2D eigenvalue weighted by Crippen LogP contribution is -2.30. The molecule has 0 aliphatic heterocycles. The largest absolute Gasteiger partial charge is 0.384 e. The van der Waals surface area contributed by atoms with Gasteiger partial charge in [-0.2, -0.15) is 0 Å². The van der Waals surface area contributed by atoms with E-state index < -0.39 is 0 Å². The predicted octanol–water partition coefficient (Wildman–Crippen LogP) is 2.43. The van der Waals surface area contributed by atoms with Crippen molar-refractivity contribution < 1.29 is 14.2 Å². The number of hydrogen-bond acceptors (Lipinski definition) is 3. The summed E-state index contributed by atoms with van der Waals surface area (Å²) in [5.41, 5.74) is 1.78. The van der Waals surface area contributed by atoms with E-state index in [1.54, 1.807) is 0 Å². The van der Waals surface area contributed by atoms with Crippen molar-refractivity contribution in [1.29, 1.82) is 0 Å². The van der Waals surface area contributed by atoms with Gasteiger partial charge in [-0.05, 0) is 30.3 Å². The van der Waals surface area contributed by atoms with Crippen LogP contribution in [0.3, 0.4) is 0 Å².